The van der Waals surface area contributed by atoms with Crippen LogP contribution >= 0.6 is 22.9 Å². The highest BCUT2D eigenvalue weighted by atomic mass is 35.5. The van der Waals surface area contributed by atoms with Crippen LogP contribution in [0.3, 0.4) is 0 Å². The number of halogens is 1. The Hall–Kier alpha value is -0.100. The topological polar surface area (TPSA) is 46.2 Å². The van der Waals surface area contributed by atoms with Crippen molar-refractivity contribution in [3.8, 4) is 0 Å². The maximum absolute atomic E-state index is 12.0. The molecule has 0 saturated heterocycles. The molecule has 0 bridgehead atoms. The van der Waals surface area contributed by atoms with Crippen LogP contribution in [0.15, 0.2) is 16.3 Å². The van der Waals surface area contributed by atoms with Gasteiger partial charge in [-0.1, -0.05) is 38.3 Å². The van der Waals surface area contributed by atoms with Gasteiger partial charge >= 0.3 is 0 Å². The maximum atomic E-state index is 12.0. The van der Waals surface area contributed by atoms with Gasteiger partial charge < -0.3 is 0 Å². The standard InChI is InChI=1S/C12H20ClNO2S2/c1-9(2)5-4-6-10(3)14-18(15,16)12-8-7-11(13)17-12/h7-10,14H,4-6H2,1-3H3. The minimum absolute atomic E-state index is 0.0466. The van der Waals surface area contributed by atoms with Crippen LogP contribution in [-0.4, -0.2) is 14.5 Å². The van der Waals surface area contributed by atoms with E-state index in [2.05, 4.69) is 18.6 Å². The number of thiophene rings is 1. The summed E-state index contributed by atoms with van der Waals surface area (Å²) in [5.41, 5.74) is 0. The van der Waals surface area contributed by atoms with Crippen molar-refractivity contribution in [3.63, 3.8) is 0 Å². The summed E-state index contributed by atoms with van der Waals surface area (Å²) in [6.07, 6.45) is 3.01. The fourth-order valence-electron chi connectivity index (χ4n) is 1.66. The predicted octanol–water partition coefficient (Wildman–Crippen LogP) is 3.89. The van der Waals surface area contributed by atoms with Gasteiger partial charge in [0.2, 0.25) is 10.0 Å². The summed E-state index contributed by atoms with van der Waals surface area (Å²) in [6, 6.07) is 3.09. The highest BCUT2D eigenvalue weighted by Crippen LogP contribution is 2.25. The summed E-state index contributed by atoms with van der Waals surface area (Å²) in [5.74, 6) is 0.657. The van der Waals surface area contributed by atoms with Crippen molar-refractivity contribution in [1.29, 1.82) is 0 Å². The normalized spacial score (nSPS) is 14.1. The molecule has 0 radical (unpaired) electrons. The fourth-order valence-corrected chi connectivity index (χ4v) is 4.43. The van der Waals surface area contributed by atoms with E-state index in [9.17, 15) is 8.42 Å². The molecule has 0 aliphatic heterocycles. The molecule has 6 heteroatoms. The van der Waals surface area contributed by atoms with Crippen LogP contribution in [0.1, 0.15) is 40.0 Å². The van der Waals surface area contributed by atoms with Gasteiger partial charge in [0, 0.05) is 6.04 Å². The van der Waals surface area contributed by atoms with Crippen molar-refractivity contribution in [3.05, 3.63) is 16.5 Å². The Morgan fingerprint density at radius 2 is 1.94 bits per heavy atom. The maximum Gasteiger partial charge on any atom is 0.250 e. The van der Waals surface area contributed by atoms with Crippen LogP contribution in [0.25, 0.3) is 0 Å². The molecule has 1 aromatic rings. The van der Waals surface area contributed by atoms with E-state index in [1.54, 1.807) is 6.07 Å². The van der Waals surface area contributed by atoms with Gasteiger partial charge in [-0.05, 0) is 31.4 Å². The quantitative estimate of drug-likeness (QED) is 0.830. The van der Waals surface area contributed by atoms with Crippen molar-refractivity contribution in [2.24, 2.45) is 5.92 Å². The molecule has 0 aliphatic carbocycles. The molecule has 104 valence electrons. The van der Waals surface area contributed by atoms with Crippen molar-refractivity contribution < 1.29 is 8.42 Å². The van der Waals surface area contributed by atoms with Crippen LogP contribution in [0, 0.1) is 5.92 Å². The first-order valence-corrected chi connectivity index (χ1v) is 8.76. The van der Waals surface area contributed by atoms with Gasteiger partial charge in [-0.15, -0.1) is 11.3 Å². The van der Waals surface area contributed by atoms with Crippen LogP contribution in [-0.2, 0) is 10.0 Å². The van der Waals surface area contributed by atoms with Gasteiger partial charge in [0.25, 0.3) is 0 Å². The molecule has 1 atom stereocenters. The molecule has 1 rings (SSSR count). The Kier molecular flexibility index (Phi) is 6.11. The van der Waals surface area contributed by atoms with Gasteiger partial charge in [0.1, 0.15) is 4.21 Å². The number of rotatable bonds is 7. The van der Waals surface area contributed by atoms with E-state index in [4.69, 9.17) is 11.6 Å². The van der Waals surface area contributed by atoms with Crippen LogP contribution < -0.4 is 4.72 Å². The van der Waals surface area contributed by atoms with Crippen molar-refractivity contribution in [1.82, 2.24) is 4.72 Å². The highest BCUT2D eigenvalue weighted by Gasteiger charge is 2.19. The summed E-state index contributed by atoms with van der Waals surface area (Å²) in [4.78, 5) is 0. The molecule has 1 N–H and O–H groups in total. The fraction of sp³-hybridized carbons (Fsp3) is 0.667. The molecule has 0 saturated carbocycles. The molecule has 0 fully saturated rings. The largest absolute Gasteiger partial charge is 0.250 e. The summed E-state index contributed by atoms with van der Waals surface area (Å²) in [7, 11) is -3.41. The number of sulfonamides is 1. The van der Waals surface area contributed by atoms with Crippen LogP contribution in [0.5, 0.6) is 0 Å². The van der Waals surface area contributed by atoms with Crippen molar-refractivity contribution >= 4 is 33.0 Å². The Balaban J connectivity index is 2.50. The van der Waals surface area contributed by atoms with E-state index in [1.807, 2.05) is 6.92 Å². The SMILES string of the molecule is CC(C)CCCC(C)NS(=O)(=O)c1ccc(Cl)s1. The second-order valence-corrected chi connectivity index (χ2v) is 8.56. The molecule has 1 heterocycles. The van der Waals surface area contributed by atoms with Gasteiger partial charge in [-0.25, -0.2) is 13.1 Å². The van der Waals surface area contributed by atoms with Crippen molar-refractivity contribution in [2.75, 3.05) is 0 Å². The Morgan fingerprint density at radius 1 is 1.28 bits per heavy atom. The lowest BCUT2D eigenvalue weighted by Crippen LogP contribution is -2.32. The van der Waals surface area contributed by atoms with E-state index in [-0.39, 0.29) is 10.3 Å². The third kappa shape index (κ3) is 5.26. The van der Waals surface area contributed by atoms with Gasteiger partial charge in [0.15, 0.2) is 0 Å². The minimum Gasteiger partial charge on any atom is -0.208 e. The summed E-state index contributed by atoms with van der Waals surface area (Å²) >= 11 is 6.83. The average molecular weight is 310 g/mol. The third-order valence-electron chi connectivity index (χ3n) is 2.59. The first-order chi connectivity index (χ1) is 8.31. The zero-order valence-electron chi connectivity index (χ0n) is 10.9. The molecule has 0 spiro atoms. The van der Waals surface area contributed by atoms with E-state index < -0.39 is 10.0 Å². The predicted molar refractivity (Wildman–Crippen MR) is 77.8 cm³/mol. The Labute approximate surface area is 119 Å². The van der Waals surface area contributed by atoms with Gasteiger partial charge in [-0.2, -0.15) is 0 Å². The molecular formula is C12H20ClNO2S2. The summed E-state index contributed by atoms with van der Waals surface area (Å²) in [6.45, 7) is 6.23. The van der Waals surface area contributed by atoms with Gasteiger partial charge in [-0.3, -0.25) is 0 Å². The molecule has 1 unspecified atom stereocenters. The van der Waals surface area contributed by atoms with E-state index in [0.717, 1.165) is 30.6 Å². The first-order valence-electron chi connectivity index (χ1n) is 6.09. The Bertz CT molecular complexity index is 468. The van der Waals surface area contributed by atoms with E-state index in [1.165, 1.54) is 6.07 Å². The monoisotopic (exact) mass is 309 g/mol. The molecule has 1 aromatic heterocycles. The lowest BCUT2D eigenvalue weighted by atomic mass is 10.0. The number of hydrogen-bond donors (Lipinski definition) is 1. The molecule has 3 nitrogen and oxygen atoms in total. The van der Waals surface area contributed by atoms with Gasteiger partial charge in [0.05, 0.1) is 4.34 Å². The molecule has 18 heavy (non-hydrogen) atoms. The molecule has 0 aliphatic rings. The second-order valence-electron chi connectivity index (χ2n) is 4.91. The van der Waals surface area contributed by atoms with Crippen molar-refractivity contribution in [2.45, 2.75) is 50.3 Å². The molecule has 0 aromatic carbocycles. The third-order valence-corrected chi connectivity index (χ3v) is 5.90. The Morgan fingerprint density at radius 3 is 2.44 bits per heavy atom. The molecular weight excluding hydrogens is 290 g/mol. The number of nitrogens with one attached hydrogen (secondary N) is 1. The summed E-state index contributed by atoms with van der Waals surface area (Å²) in [5, 5.41) is 0. The second kappa shape index (κ2) is 6.89. The minimum atomic E-state index is -3.41. The highest BCUT2D eigenvalue weighted by molar-refractivity contribution is 7.91. The molecule has 0 amide bonds. The van der Waals surface area contributed by atoms with Crippen LogP contribution in [0.4, 0.5) is 0 Å². The number of hydrogen-bond acceptors (Lipinski definition) is 3. The van der Waals surface area contributed by atoms with E-state index in [0.29, 0.717) is 10.3 Å². The zero-order chi connectivity index (χ0) is 13.8. The van der Waals surface area contributed by atoms with Crippen LogP contribution in [0.2, 0.25) is 4.34 Å². The summed E-state index contributed by atoms with van der Waals surface area (Å²) < 4.78 is 27.4. The first kappa shape index (κ1) is 16.0. The lowest BCUT2D eigenvalue weighted by molar-refractivity contribution is 0.489. The smallest absolute Gasteiger partial charge is 0.208 e. The lowest BCUT2D eigenvalue weighted by Gasteiger charge is -2.13. The zero-order valence-corrected chi connectivity index (χ0v) is 13.3. The van der Waals surface area contributed by atoms with E-state index >= 15 is 0 Å². The average Bonchev–Trinajstić information content (AvgIpc) is 2.64.